The number of unbranched alkanes of at least 4 members (excludes halogenated alkanes) is 7. The summed E-state index contributed by atoms with van der Waals surface area (Å²) in [5.74, 6) is 0.633. The normalized spacial score (nSPS) is 20.7. The minimum absolute atomic E-state index is 0.0891. The SMILES string of the molecule is CCCCCCCCCCC(=O)N/N=C1\CCCCC1C. The summed E-state index contributed by atoms with van der Waals surface area (Å²) in [7, 11) is 0. The first-order valence-corrected chi connectivity index (χ1v) is 9.09. The molecule has 122 valence electrons. The molecule has 1 fully saturated rings. The molecular formula is C18H34N2O. The molecule has 0 spiro atoms. The first-order valence-electron chi connectivity index (χ1n) is 9.09. The zero-order chi connectivity index (χ0) is 15.3. The monoisotopic (exact) mass is 294 g/mol. The number of nitrogens with one attached hydrogen (secondary N) is 1. The first kappa shape index (κ1) is 18.2. The van der Waals surface area contributed by atoms with Crippen LogP contribution in [0.25, 0.3) is 0 Å². The molecule has 1 unspecified atom stereocenters. The van der Waals surface area contributed by atoms with E-state index in [0.29, 0.717) is 12.3 Å². The van der Waals surface area contributed by atoms with Crippen molar-refractivity contribution in [2.24, 2.45) is 11.0 Å². The van der Waals surface area contributed by atoms with Crippen LogP contribution in [-0.4, -0.2) is 11.6 Å². The Morgan fingerprint density at radius 3 is 2.43 bits per heavy atom. The smallest absolute Gasteiger partial charge is 0.240 e. The third-order valence-corrected chi connectivity index (χ3v) is 4.47. The number of hydrazone groups is 1. The minimum atomic E-state index is 0.0891. The van der Waals surface area contributed by atoms with Gasteiger partial charge in [-0.15, -0.1) is 0 Å². The van der Waals surface area contributed by atoms with Crippen molar-refractivity contribution >= 4 is 11.6 Å². The van der Waals surface area contributed by atoms with Crippen molar-refractivity contribution in [2.45, 2.75) is 97.3 Å². The van der Waals surface area contributed by atoms with Gasteiger partial charge in [0.25, 0.3) is 0 Å². The molecule has 0 radical (unpaired) electrons. The van der Waals surface area contributed by atoms with Gasteiger partial charge in [-0.2, -0.15) is 5.10 Å². The third kappa shape index (κ3) is 8.90. The van der Waals surface area contributed by atoms with Gasteiger partial charge in [-0.25, -0.2) is 5.43 Å². The molecule has 0 aliphatic heterocycles. The highest BCUT2D eigenvalue weighted by Gasteiger charge is 2.15. The molecule has 1 aliphatic rings. The molecule has 0 bridgehead atoms. The number of rotatable bonds is 10. The lowest BCUT2D eigenvalue weighted by atomic mass is 9.89. The summed E-state index contributed by atoms with van der Waals surface area (Å²) in [5, 5.41) is 4.33. The van der Waals surface area contributed by atoms with Gasteiger partial charge in [0.05, 0.1) is 0 Å². The van der Waals surface area contributed by atoms with Crippen molar-refractivity contribution in [1.82, 2.24) is 5.43 Å². The summed E-state index contributed by atoms with van der Waals surface area (Å²) < 4.78 is 0. The number of nitrogens with zero attached hydrogens (tertiary/aromatic N) is 1. The fourth-order valence-corrected chi connectivity index (χ4v) is 2.95. The van der Waals surface area contributed by atoms with Crippen molar-refractivity contribution in [3.05, 3.63) is 0 Å². The maximum Gasteiger partial charge on any atom is 0.240 e. The van der Waals surface area contributed by atoms with Crippen LogP contribution in [0, 0.1) is 5.92 Å². The van der Waals surface area contributed by atoms with E-state index in [-0.39, 0.29) is 5.91 Å². The predicted octanol–water partition coefficient (Wildman–Crippen LogP) is 5.20. The molecule has 0 saturated heterocycles. The fourth-order valence-electron chi connectivity index (χ4n) is 2.95. The molecule has 1 aliphatic carbocycles. The summed E-state index contributed by atoms with van der Waals surface area (Å²) in [6.07, 6.45) is 15.6. The minimum Gasteiger partial charge on any atom is -0.273 e. The summed E-state index contributed by atoms with van der Waals surface area (Å²) in [6.45, 7) is 4.46. The molecule has 0 aromatic heterocycles. The van der Waals surface area contributed by atoms with E-state index in [2.05, 4.69) is 24.4 Å². The van der Waals surface area contributed by atoms with Crippen LogP contribution in [-0.2, 0) is 4.79 Å². The molecular weight excluding hydrogens is 260 g/mol. The Morgan fingerprint density at radius 1 is 1.10 bits per heavy atom. The lowest BCUT2D eigenvalue weighted by Crippen LogP contribution is -2.24. The van der Waals surface area contributed by atoms with E-state index in [1.165, 1.54) is 69.9 Å². The molecule has 0 aromatic carbocycles. The second-order valence-electron chi connectivity index (χ2n) is 6.51. The molecule has 1 amide bonds. The zero-order valence-electron chi connectivity index (χ0n) is 14.1. The molecule has 1 rings (SSSR count). The van der Waals surface area contributed by atoms with Crippen LogP contribution in [0.15, 0.2) is 5.10 Å². The van der Waals surface area contributed by atoms with Gasteiger partial charge in [0.15, 0.2) is 0 Å². The molecule has 0 aromatic rings. The number of carbonyl (C=O) groups is 1. The van der Waals surface area contributed by atoms with E-state index in [0.717, 1.165) is 12.8 Å². The second kappa shape index (κ2) is 11.8. The van der Waals surface area contributed by atoms with Crippen molar-refractivity contribution in [3.63, 3.8) is 0 Å². The van der Waals surface area contributed by atoms with Gasteiger partial charge < -0.3 is 0 Å². The molecule has 0 heterocycles. The van der Waals surface area contributed by atoms with E-state index in [9.17, 15) is 4.79 Å². The van der Waals surface area contributed by atoms with E-state index < -0.39 is 0 Å². The molecule has 3 heteroatoms. The zero-order valence-corrected chi connectivity index (χ0v) is 14.1. The maximum atomic E-state index is 11.7. The van der Waals surface area contributed by atoms with Gasteiger partial charge in [-0.3, -0.25) is 4.79 Å². The Hall–Kier alpha value is -0.860. The van der Waals surface area contributed by atoms with Gasteiger partial charge in [0, 0.05) is 12.1 Å². The second-order valence-corrected chi connectivity index (χ2v) is 6.51. The summed E-state index contributed by atoms with van der Waals surface area (Å²) in [4.78, 5) is 11.7. The summed E-state index contributed by atoms with van der Waals surface area (Å²) in [5.41, 5.74) is 3.94. The molecule has 21 heavy (non-hydrogen) atoms. The maximum absolute atomic E-state index is 11.7. The highest BCUT2D eigenvalue weighted by atomic mass is 16.2. The van der Waals surface area contributed by atoms with Crippen molar-refractivity contribution < 1.29 is 4.79 Å². The lowest BCUT2D eigenvalue weighted by molar-refractivity contribution is -0.121. The van der Waals surface area contributed by atoms with Gasteiger partial charge in [-0.1, -0.05) is 65.2 Å². The van der Waals surface area contributed by atoms with Crippen LogP contribution >= 0.6 is 0 Å². The van der Waals surface area contributed by atoms with Crippen LogP contribution in [0.5, 0.6) is 0 Å². The summed E-state index contributed by atoms with van der Waals surface area (Å²) >= 11 is 0. The fraction of sp³-hybridized carbons (Fsp3) is 0.889. The van der Waals surface area contributed by atoms with Crippen molar-refractivity contribution in [1.29, 1.82) is 0 Å². The van der Waals surface area contributed by atoms with Crippen molar-refractivity contribution in [2.75, 3.05) is 0 Å². The average molecular weight is 294 g/mol. The van der Waals surface area contributed by atoms with Gasteiger partial charge >= 0.3 is 0 Å². The van der Waals surface area contributed by atoms with Gasteiger partial charge in [0.2, 0.25) is 5.91 Å². The van der Waals surface area contributed by atoms with Crippen molar-refractivity contribution in [3.8, 4) is 0 Å². The third-order valence-electron chi connectivity index (χ3n) is 4.47. The number of hydrogen-bond acceptors (Lipinski definition) is 2. The van der Waals surface area contributed by atoms with Crippen LogP contribution < -0.4 is 5.43 Å². The van der Waals surface area contributed by atoms with E-state index >= 15 is 0 Å². The molecule has 1 atom stereocenters. The van der Waals surface area contributed by atoms with E-state index in [1.807, 2.05) is 0 Å². The van der Waals surface area contributed by atoms with Crippen LogP contribution in [0.2, 0.25) is 0 Å². The van der Waals surface area contributed by atoms with E-state index in [4.69, 9.17) is 0 Å². The van der Waals surface area contributed by atoms with E-state index in [1.54, 1.807) is 0 Å². The quantitative estimate of drug-likeness (QED) is 0.436. The number of amides is 1. The Balaban J connectivity index is 2.00. The highest BCUT2D eigenvalue weighted by molar-refractivity contribution is 5.88. The molecule has 1 N–H and O–H groups in total. The lowest BCUT2D eigenvalue weighted by Gasteiger charge is -2.19. The Labute approximate surface area is 131 Å². The van der Waals surface area contributed by atoms with Gasteiger partial charge in [-0.05, 0) is 31.6 Å². The van der Waals surface area contributed by atoms with Gasteiger partial charge in [0.1, 0.15) is 0 Å². The number of carbonyl (C=O) groups excluding carboxylic acids is 1. The molecule has 3 nitrogen and oxygen atoms in total. The Kier molecular flexibility index (Phi) is 10.2. The standard InChI is InChI=1S/C18H34N2O/c1-3-4-5-6-7-8-9-10-15-18(21)20-19-17-14-12-11-13-16(17)2/h16H,3-15H2,1-2H3,(H,20,21)/b19-17+. The first-order chi connectivity index (χ1) is 10.2. The highest BCUT2D eigenvalue weighted by Crippen LogP contribution is 2.20. The predicted molar refractivity (Wildman–Crippen MR) is 90.4 cm³/mol. The Morgan fingerprint density at radius 2 is 1.76 bits per heavy atom. The largest absolute Gasteiger partial charge is 0.273 e. The van der Waals surface area contributed by atoms with Crippen LogP contribution in [0.3, 0.4) is 0 Å². The van der Waals surface area contributed by atoms with Crippen LogP contribution in [0.4, 0.5) is 0 Å². The molecule has 1 saturated carbocycles. The Bertz CT molecular complexity index is 312. The topological polar surface area (TPSA) is 41.5 Å². The average Bonchev–Trinajstić information content (AvgIpc) is 2.49. The summed E-state index contributed by atoms with van der Waals surface area (Å²) in [6, 6.07) is 0. The van der Waals surface area contributed by atoms with Crippen LogP contribution in [0.1, 0.15) is 97.3 Å². The number of hydrogen-bond donors (Lipinski definition) is 1.